The Labute approximate surface area is 99.1 Å². The summed E-state index contributed by atoms with van der Waals surface area (Å²) in [5.74, 6) is 1.58. The third kappa shape index (κ3) is 2.70. The molecule has 4 heteroatoms. The Morgan fingerprint density at radius 2 is 1.88 bits per heavy atom. The van der Waals surface area contributed by atoms with Gasteiger partial charge in [-0.25, -0.2) is 4.98 Å². The third-order valence-electron chi connectivity index (χ3n) is 2.06. The van der Waals surface area contributed by atoms with Crippen LogP contribution < -0.4 is 4.74 Å². The molecule has 0 aliphatic heterocycles. The molecule has 0 amide bonds. The van der Waals surface area contributed by atoms with Gasteiger partial charge in [-0.05, 0) is 19.1 Å². The van der Waals surface area contributed by atoms with Crippen molar-refractivity contribution in [1.82, 2.24) is 9.97 Å². The van der Waals surface area contributed by atoms with E-state index in [2.05, 4.69) is 9.97 Å². The van der Waals surface area contributed by atoms with Crippen LogP contribution in [0.15, 0.2) is 36.7 Å². The SMILES string of the molecule is Cc1ccc(Oc2cnc(CCl)cn2)cc1. The number of aryl methyl sites for hydroxylation is 1. The molecule has 0 atom stereocenters. The zero-order chi connectivity index (χ0) is 11.4. The van der Waals surface area contributed by atoms with Crippen molar-refractivity contribution in [3.63, 3.8) is 0 Å². The van der Waals surface area contributed by atoms with Crippen molar-refractivity contribution in [1.29, 1.82) is 0 Å². The Morgan fingerprint density at radius 3 is 2.44 bits per heavy atom. The van der Waals surface area contributed by atoms with Crippen molar-refractivity contribution in [2.24, 2.45) is 0 Å². The monoisotopic (exact) mass is 234 g/mol. The summed E-state index contributed by atoms with van der Waals surface area (Å²) in [6.45, 7) is 2.03. The van der Waals surface area contributed by atoms with Crippen LogP contribution in [0.3, 0.4) is 0 Å². The molecule has 1 aromatic heterocycles. The van der Waals surface area contributed by atoms with E-state index in [9.17, 15) is 0 Å². The standard InChI is InChI=1S/C12H11ClN2O/c1-9-2-4-11(5-3-9)16-12-8-14-10(6-13)7-15-12/h2-5,7-8H,6H2,1H3. The van der Waals surface area contributed by atoms with Crippen molar-refractivity contribution in [3.05, 3.63) is 47.9 Å². The number of hydrogen-bond donors (Lipinski definition) is 0. The molecular weight excluding hydrogens is 224 g/mol. The highest BCUT2D eigenvalue weighted by Gasteiger charge is 1.99. The number of alkyl halides is 1. The van der Waals surface area contributed by atoms with Gasteiger partial charge in [0.15, 0.2) is 0 Å². The zero-order valence-electron chi connectivity index (χ0n) is 8.85. The molecule has 1 heterocycles. The maximum atomic E-state index is 5.61. The highest BCUT2D eigenvalue weighted by molar-refractivity contribution is 6.16. The van der Waals surface area contributed by atoms with Crippen LogP contribution in [0.2, 0.25) is 0 Å². The Morgan fingerprint density at radius 1 is 1.12 bits per heavy atom. The zero-order valence-corrected chi connectivity index (χ0v) is 9.61. The summed E-state index contributed by atoms with van der Waals surface area (Å²) in [4.78, 5) is 8.19. The lowest BCUT2D eigenvalue weighted by molar-refractivity contribution is 0.459. The van der Waals surface area contributed by atoms with E-state index in [0.29, 0.717) is 11.8 Å². The highest BCUT2D eigenvalue weighted by atomic mass is 35.5. The van der Waals surface area contributed by atoms with Gasteiger partial charge in [-0.3, -0.25) is 4.98 Å². The molecule has 0 saturated carbocycles. The molecule has 2 aromatic rings. The summed E-state index contributed by atoms with van der Waals surface area (Å²) in [6.07, 6.45) is 3.17. The van der Waals surface area contributed by atoms with Gasteiger partial charge in [-0.2, -0.15) is 0 Å². The van der Waals surface area contributed by atoms with Crippen LogP contribution in [-0.2, 0) is 5.88 Å². The summed E-state index contributed by atoms with van der Waals surface area (Å²) < 4.78 is 5.52. The summed E-state index contributed by atoms with van der Waals surface area (Å²) in [5, 5.41) is 0. The molecule has 2 rings (SSSR count). The quantitative estimate of drug-likeness (QED) is 0.765. The average Bonchev–Trinajstić information content (AvgIpc) is 2.33. The Hall–Kier alpha value is -1.61. The van der Waals surface area contributed by atoms with Gasteiger partial charge in [-0.15, -0.1) is 11.6 Å². The fraction of sp³-hybridized carbons (Fsp3) is 0.167. The van der Waals surface area contributed by atoms with Crippen molar-refractivity contribution in [2.75, 3.05) is 0 Å². The van der Waals surface area contributed by atoms with Gasteiger partial charge in [-0.1, -0.05) is 17.7 Å². The number of rotatable bonds is 3. The van der Waals surface area contributed by atoms with Gasteiger partial charge < -0.3 is 4.74 Å². The molecule has 3 nitrogen and oxygen atoms in total. The van der Waals surface area contributed by atoms with E-state index in [1.54, 1.807) is 12.4 Å². The molecule has 82 valence electrons. The predicted molar refractivity (Wildman–Crippen MR) is 62.8 cm³/mol. The Balaban J connectivity index is 2.11. The Kier molecular flexibility index (Phi) is 3.37. The van der Waals surface area contributed by atoms with Gasteiger partial charge in [0.1, 0.15) is 5.75 Å². The summed E-state index contributed by atoms with van der Waals surface area (Å²) in [6, 6.07) is 7.75. The normalized spacial score (nSPS) is 10.1. The lowest BCUT2D eigenvalue weighted by atomic mass is 10.2. The maximum absolute atomic E-state index is 5.61. The van der Waals surface area contributed by atoms with Gasteiger partial charge in [0.05, 0.1) is 24.0 Å². The van der Waals surface area contributed by atoms with Gasteiger partial charge >= 0.3 is 0 Å². The maximum Gasteiger partial charge on any atom is 0.237 e. The summed E-state index contributed by atoms with van der Waals surface area (Å²) in [7, 11) is 0. The van der Waals surface area contributed by atoms with E-state index >= 15 is 0 Å². The molecule has 1 aromatic carbocycles. The van der Waals surface area contributed by atoms with E-state index < -0.39 is 0 Å². The first-order chi connectivity index (χ1) is 7.78. The highest BCUT2D eigenvalue weighted by Crippen LogP contribution is 2.18. The lowest BCUT2D eigenvalue weighted by Gasteiger charge is -2.04. The van der Waals surface area contributed by atoms with Crippen molar-refractivity contribution < 1.29 is 4.74 Å². The minimum atomic E-state index is 0.359. The fourth-order valence-corrected chi connectivity index (χ4v) is 1.33. The number of aromatic nitrogens is 2. The molecule has 0 unspecified atom stereocenters. The van der Waals surface area contributed by atoms with Gasteiger partial charge in [0.25, 0.3) is 0 Å². The summed E-state index contributed by atoms with van der Waals surface area (Å²) >= 11 is 5.61. The van der Waals surface area contributed by atoms with Gasteiger partial charge in [0, 0.05) is 0 Å². The topological polar surface area (TPSA) is 35.0 Å². The molecular formula is C12H11ClN2O. The number of ether oxygens (including phenoxy) is 1. The predicted octanol–water partition coefficient (Wildman–Crippen LogP) is 3.32. The first-order valence-electron chi connectivity index (χ1n) is 4.89. The first-order valence-corrected chi connectivity index (χ1v) is 5.43. The van der Waals surface area contributed by atoms with Crippen molar-refractivity contribution in [2.45, 2.75) is 12.8 Å². The second-order valence-corrected chi connectivity index (χ2v) is 3.66. The average molecular weight is 235 g/mol. The number of nitrogens with zero attached hydrogens (tertiary/aromatic N) is 2. The molecule has 0 N–H and O–H groups in total. The van der Waals surface area contributed by atoms with Crippen LogP contribution in [0.1, 0.15) is 11.3 Å². The summed E-state index contributed by atoms with van der Waals surface area (Å²) in [5.41, 5.74) is 1.92. The van der Waals surface area contributed by atoms with Crippen LogP contribution >= 0.6 is 11.6 Å². The molecule has 0 aliphatic rings. The van der Waals surface area contributed by atoms with Crippen LogP contribution in [0.5, 0.6) is 11.6 Å². The van der Waals surface area contributed by atoms with Crippen molar-refractivity contribution in [3.8, 4) is 11.6 Å². The van der Waals surface area contributed by atoms with Gasteiger partial charge in [0.2, 0.25) is 5.88 Å². The number of halogens is 1. The molecule has 0 bridgehead atoms. The van der Waals surface area contributed by atoms with Crippen molar-refractivity contribution >= 4 is 11.6 Å². The molecule has 0 spiro atoms. The molecule has 0 radical (unpaired) electrons. The minimum absolute atomic E-state index is 0.359. The second-order valence-electron chi connectivity index (χ2n) is 3.39. The molecule has 0 fully saturated rings. The van der Waals surface area contributed by atoms with E-state index in [1.165, 1.54) is 5.56 Å². The molecule has 0 aliphatic carbocycles. The second kappa shape index (κ2) is 4.94. The number of hydrogen-bond acceptors (Lipinski definition) is 3. The third-order valence-corrected chi connectivity index (χ3v) is 2.34. The Bertz CT molecular complexity index is 453. The van der Waals surface area contributed by atoms with E-state index in [-0.39, 0.29) is 0 Å². The van der Waals surface area contributed by atoms with Crippen LogP contribution in [0, 0.1) is 6.92 Å². The number of benzene rings is 1. The van der Waals surface area contributed by atoms with E-state index in [0.717, 1.165) is 11.4 Å². The largest absolute Gasteiger partial charge is 0.438 e. The minimum Gasteiger partial charge on any atom is -0.438 e. The van der Waals surface area contributed by atoms with Crippen LogP contribution in [-0.4, -0.2) is 9.97 Å². The van der Waals surface area contributed by atoms with E-state index in [4.69, 9.17) is 16.3 Å². The van der Waals surface area contributed by atoms with E-state index in [1.807, 2.05) is 31.2 Å². The fourth-order valence-electron chi connectivity index (χ4n) is 1.19. The molecule has 16 heavy (non-hydrogen) atoms. The first kappa shape index (κ1) is 10.9. The lowest BCUT2D eigenvalue weighted by Crippen LogP contribution is -1.92. The molecule has 0 saturated heterocycles. The smallest absolute Gasteiger partial charge is 0.237 e. The van der Waals surface area contributed by atoms with Crippen LogP contribution in [0.25, 0.3) is 0 Å². The van der Waals surface area contributed by atoms with Crippen LogP contribution in [0.4, 0.5) is 0 Å².